The van der Waals surface area contributed by atoms with Gasteiger partial charge in [0, 0.05) is 36.8 Å². The van der Waals surface area contributed by atoms with Crippen molar-refractivity contribution in [1.29, 1.82) is 0 Å². The molecule has 10 heteroatoms. The summed E-state index contributed by atoms with van der Waals surface area (Å²) in [6, 6.07) is 17.2. The van der Waals surface area contributed by atoms with Crippen LogP contribution in [0.3, 0.4) is 0 Å². The highest BCUT2D eigenvalue weighted by atomic mass is 35.5. The van der Waals surface area contributed by atoms with Gasteiger partial charge in [0.25, 0.3) is 5.91 Å². The van der Waals surface area contributed by atoms with Crippen LogP contribution in [-0.2, 0) is 10.0 Å². The number of anilines is 2. The quantitative estimate of drug-likeness (QED) is 0.544. The molecule has 0 unspecified atom stereocenters. The van der Waals surface area contributed by atoms with E-state index in [1.807, 2.05) is 24.3 Å². The monoisotopic (exact) mass is 503 g/mol. The van der Waals surface area contributed by atoms with Crippen LogP contribution in [0.4, 0.5) is 15.8 Å². The summed E-state index contributed by atoms with van der Waals surface area (Å²) in [7, 11) is -2.31. The number of halogens is 2. The number of piperazine rings is 1. The van der Waals surface area contributed by atoms with Crippen molar-refractivity contribution in [1.82, 2.24) is 4.31 Å². The number of carbonyl (C=O) groups excluding carboxylic acids is 1. The molecule has 3 aromatic rings. The van der Waals surface area contributed by atoms with Crippen molar-refractivity contribution in [2.45, 2.75) is 4.90 Å². The molecule has 0 aliphatic carbocycles. The Kier molecular flexibility index (Phi) is 7.06. The molecule has 0 aromatic heterocycles. The predicted octanol–water partition coefficient (Wildman–Crippen LogP) is 4.25. The van der Waals surface area contributed by atoms with Crippen LogP contribution < -0.4 is 15.0 Å². The Morgan fingerprint density at radius 3 is 2.41 bits per heavy atom. The first kappa shape index (κ1) is 24.0. The number of hydrogen-bond acceptors (Lipinski definition) is 5. The third-order valence-corrected chi connectivity index (χ3v) is 7.71. The topological polar surface area (TPSA) is 79.0 Å². The van der Waals surface area contributed by atoms with Crippen LogP contribution in [0, 0.1) is 5.82 Å². The van der Waals surface area contributed by atoms with Crippen LogP contribution in [-0.4, -0.2) is 51.9 Å². The van der Waals surface area contributed by atoms with Gasteiger partial charge in [-0.3, -0.25) is 4.79 Å². The second-order valence-corrected chi connectivity index (χ2v) is 10.0. The van der Waals surface area contributed by atoms with Crippen LogP contribution in [0.15, 0.2) is 71.6 Å². The van der Waals surface area contributed by atoms with Crippen LogP contribution >= 0.6 is 11.6 Å². The van der Waals surface area contributed by atoms with E-state index in [0.29, 0.717) is 18.1 Å². The smallest absolute Gasteiger partial charge is 0.255 e. The molecule has 34 heavy (non-hydrogen) atoms. The minimum absolute atomic E-state index is 0.120. The molecule has 4 rings (SSSR count). The van der Waals surface area contributed by atoms with Gasteiger partial charge in [-0.1, -0.05) is 29.8 Å². The van der Waals surface area contributed by atoms with E-state index in [2.05, 4.69) is 10.2 Å². The summed E-state index contributed by atoms with van der Waals surface area (Å²) in [4.78, 5) is 14.3. The van der Waals surface area contributed by atoms with Crippen molar-refractivity contribution in [3.05, 3.63) is 83.1 Å². The third kappa shape index (κ3) is 5.01. The number of methoxy groups -OCH3 is 1. The van der Waals surface area contributed by atoms with E-state index in [4.69, 9.17) is 16.3 Å². The number of ether oxygens (including phenoxy) is 1. The predicted molar refractivity (Wildman–Crippen MR) is 130 cm³/mol. The first-order chi connectivity index (χ1) is 16.3. The highest BCUT2D eigenvalue weighted by Gasteiger charge is 2.30. The lowest BCUT2D eigenvalue weighted by atomic mass is 10.2. The summed E-state index contributed by atoms with van der Waals surface area (Å²) in [5, 5.41) is 2.82. The van der Waals surface area contributed by atoms with Crippen molar-refractivity contribution >= 4 is 38.9 Å². The van der Waals surface area contributed by atoms with Gasteiger partial charge in [-0.15, -0.1) is 0 Å². The summed E-state index contributed by atoms with van der Waals surface area (Å²) in [5.74, 6) is -0.676. The normalized spacial score (nSPS) is 14.6. The van der Waals surface area contributed by atoms with E-state index in [1.54, 1.807) is 25.3 Å². The molecule has 0 bridgehead atoms. The second kappa shape index (κ2) is 10.0. The number of rotatable bonds is 6. The Morgan fingerprint density at radius 1 is 1.00 bits per heavy atom. The lowest BCUT2D eigenvalue weighted by Crippen LogP contribution is -2.48. The van der Waals surface area contributed by atoms with Crippen LogP contribution in [0.1, 0.15) is 10.4 Å². The van der Waals surface area contributed by atoms with Gasteiger partial charge >= 0.3 is 0 Å². The summed E-state index contributed by atoms with van der Waals surface area (Å²) < 4.78 is 47.7. The van der Waals surface area contributed by atoms with Gasteiger partial charge in [0.2, 0.25) is 10.0 Å². The molecule has 7 nitrogen and oxygen atoms in total. The summed E-state index contributed by atoms with van der Waals surface area (Å²) in [6.45, 7) is 1.43. The van der Waals surface area contributed by atoms with Gasteiger partial charge in [-0.25, -0.2) is 12.8 Å². The van der Waals surface area contributed by atoms with Gasteiger partial charge in [-0.05, 0) is 48.5 Å². The molecule has 0 radical (unpaired) electrons. The molecule has 1 saturated heterocycles. The van der Waals surface area contributed by atoms with E-state index in [1.165, 1.54) is 22.5 Å². The fourth-order valence-electron chi connectivity index (χ4n) is 3.79. The zero-order valence-electron chi connectivity index (χ0n) is 18.4. The molecular weight excluding hydrogens is 481 g/mol. The number of benzene rings is 3. The number of carbonyl (C=O) groups is 1. The second-order valence-electron chi connectivity index (χ2n) is 7.67. The molecule has 1 heterocycles. The van der Waals surface area contributed by atoms with Crippen molar-refractivity contribution in [2.24, 2.45) is 0 Å². The Balaban J connectivity index is 1.46. The third-order valence-electron chi connectivity index (χ3n) is 5.58. The Morgan fingerprint density at radius 2 is 1.74 bits per heavy atom. The molecule has 0 atom stereocenters. The van der Waals surface area contributed by atoms with Crippen molar-refractivity contribution in [2.75, 3.05) is 43.5 Å². The van der Waals surface area contributed by atoms with E-state index in [-0.39, 0.29) is 29.2 Å². The molecule has 0 saturated carbocycles. The maximum absolute atomic E-state index is 14.7. The molecule has 1 N–H and O–H groups in total. The first-order valence-electron chi connectivity index (χ1n) is 10.5. The molecule has 178 valence electrons. The standard InChI is InChI=1S/C24H23ClFN3O4S/c1-33-23-8-3-2-7-22(23)28-11-13-29(14-12-28)34(31,32)19-9-10-21(20(26)16-19)27-24(30)17-5-4-6-18(25)15-17/h2-10,15-16H,11-14H2,1H3,(H,27,30). The highest BCUT2D eigenvalue weighted by molar-refractivity contribution is 7.89. The number of hydrogen-bond donors (Lipinski definition) is 1. The SMILES string of the molecule is COc1ccccc1N1CCN(S(=O)(=O)c2ccc(NC(=O)c3cccc(Cl)c3)c(F)c2)CC1. The van der Waals surface area contributed by atoms with E-state index in [0.717, 1.165) is 17.5 Å². The minimum atomic E-state index is -3.90. The number of nitrogens with one attached hydrogen (secondary N) is 1. The summed E-state index contributed by atoms with van der Waals surface area (Å²) in [6.07, 6.45) is 0. The molecular formula is C24H23ClFN3O4S. The molecule has 1 aliphatic rings. The lowest BCUT2D eigenvalue weighted by molar-refractivity contribution is 0.102. The van der Waals surface area contributed by atoms with Gasteiger partial charge in [0.05, 0.1) is 23.4 Å². The van der Waals surface area contributed by atoms with Crippen molar-refractivity contribution < 1.29 is 22.3 Å². The lowest BCUT2D eigenvalue weighted by Gasteiger charge is -2.35. The van der Waals surface area contributed by atoms with Crippen LogP contribution in [0.5, 0.6) is 5.75 Å². The van der Waals surface area contributed by atoms with E-state index >= 15 is 0 Å². The van der Waals surface area contributed by atoms with Crippen LogP contribution in [0.2, 0.25) is 5.02 Å². The van der Waals surface area contributed by atoms with Gasteiger partial charge in [-0.2, -0.15) is 4.31 Å². The average Bonchev–Trinajstić information content (AvgIpc) is 2.85. The maximum Gasteiger partial charge on any atom is 0.255 e. The highest BCUT2D eigenvalue weighted by Crippen LogP contribution is 2.30. The number of para-hydroxylation sites is 2. The Bertz CT molecular complexity index is 1310. The fourth-order valence-corrected chi connectivity index (χ4v) is 5.42. The van der Waals surface area contributed by atoms with Gasteiger partial charge < -0.3 is 15.0 Å². The zero-order chi connectivity index (χ0) is 24.3. The largest absolute Gasteiger partial charge is 0.495 e. The van der Waals surface area contributed by atoms with Crippen LogP contribution in [0.25, 0.3) is 0 Å². The average molecular weight is 504 g/mol. The summed E-state index contributed by atoms with van der Waals surface area (Å²) in [5.41, 5.74) is 1.04. The first-order valence-corrected chi connectivity index (χ1v) is 12.4. The Labute approximate surface area is 202 Å². The summed E-state index contributed by atoms with van der Waals surface area (Å²) >= 11 is 5.89. The molecule has 0 spiro atoms. The Hall–Kier alpha value is -3.14. The van der Waals surface area contributed by atoms with Crippen molar-refractivity contribution in [3.8, 4) is 5.75 Å². The van der Waals surface area contributed by atoms with E-state index in [9.17, 15) is 17.6 Å². The number of sulfonamides is 1. The molecule has 3 aromatic carbocycles. The van der Waals surface area contributed by atoms with Crippen molar-refractivity contribution in [3.63, 3.8) is 0 Å². The zero-order valence-corrected chi connectivity index (χ0v) is 19.9. The molecule has 1 amide bonds. The molecule has 1 aliphatic heterocycles. The fraction of sp³-hybridized carbons (Fsp3) is 0.208. The minimum Gasteiger partial charge on any atom is -0.495 e. The van der Waals surface area contributed by atoms with Gasteiger partial charge in [0.1, 0.15) is 11.6 Å². The maximum atomic E-state index is 14.7. The molecule has 1 fully saturated rings. The van der Waals surface area contributed by atoms with E-state index < -0.39 is 21.7 Å². The number of amides is 1. The van der Waals surface area contributed by atoms with Gasteiger partial charge in [0.15, 0.2) is 0 Å². The number of nitrogens with zero attached hydrogens (tertiary/aromatic N) is 2.